The van der Waals surface area contributed by atoms with Crippen LogP contribution in [0.4, 0.5) is 14.9 Å². The maximum Gasteiger partial charge on any atom is 0.417 e. The molecule has 1 N–H and O–H groups in total. The second kappa shape index (κ2) is 7.62. The Kier molecular flexibility index (Phi) is 4.98. The summed E-state index contributed by atoms with van der Waals surface area (Å²) in [5.74, 6) is -0.750. The molecule has 10 heteroatoms. The van der Waals surface area contributed by atoms with Gasteiger partial charge in [0.15, 0.2) is 0 Å². The van der Waals surface area contributed by atoms with Gasteiger partial charge in [-0.05, 0) is 42.2 Å². The maximum atomic E-state index is 13.4. The van der Waals surface area contributed by atoms with Crippen LogP contribution in [0.1, 0.15) is 34.1 Å². The summed E-state index contributed by atoms with van der Waals surface area (Å²) >= 11 is 0. The van der Waals surface area contributed by atoms with Crippen LogP contribution in [0.2, 0.25) is 0 Å². The lowest BCUT2D eigenvalue weighted by molar-refractivity contribution is 0.101. The number of hydrogen-bond donors (Lipinski definition) is 1. The highest BCUT2D eigenvalue weighted by Crippen LogP contribution is 2.38. The van der Waals surface area contributed by atoms with Gasteiger partial charge in [-0.25, -0.2) is 9.18 Å². The molecule has 0 fully saturated rings. The van der Waals surface area contributed by atoms with E-state index in [1.54, 1.807) is 31.8 Å². The van der Waals surface area contributed by atoms with Crippen LogP contribution in [0.5, 0.6) is 6.01 Å². The Hall–Kier alpha value is -3.69. The van der Waals surface area contributed by atoms with E-state index in [9.17, 15) is 14.0 Å². The first-order valence-electron chi connectivity index (χ1n) is 9.38. The molecule has 3 aromatic rings. The molecule has 1 aromatic carbocycles. The van der Waals surface area contributed by atoms with Gasteiger partial charge in [-0.1, -0.05) is 6.07 Å². The summed E-state index contributed by atoms with van der Waals surface area (Å²) in [4.78, 5) is 30.7. The number of hydrogen-bond acceptors (Lipinski definition) is 5. The lowest BCUT2D eigenvalue weighted by atomic mass is 10.1. The minimum absolute atomic E-state index is 0.0178. The van der Waals surface area contributed by atoms with Crippen molar-refractivity contribution >= 4 is 17.7 Å². The summed E-state index contributed by atoms with van der Waals surface area (Å²) < 4.78 is 21.8. The first-order chi connectivity index (χ1) is 14.3. The van der Waals surface area contributed by atoms with Crippen LogP contribution in [-0.2, 0) is 20.5 Å². The van der Waals surface area contributed by atoms with Gasteiger partial charge in [0.05, 0.1) is 6.04 Å². The van der Waals surface area contributed by atoms with Crippen LogP contribution in [0.15, 0.2) is 36.8 Å². The van der Waals surface area contributed by atoms with E-state index < -0.39 is 11.9 Å². The van der Waals surface area contributed by atoms with Crippen molar-refractivity contribution in [3.05, 3.63) is 59.4 Å². The summed E-state index contributed by atoms with van der Waals surface area (Å²) in [5, 5.41) is 6.68. The Labute approximate surface area is 172 Å². The minimum Gasteiger partial charge on any atom is -0.373 e. The summed E-state index contributed by atoms with van der Waals surface area (Å²) in [6.07, 6.45) is 4.00. The number of ether oxygens (including phenoxy) is 1. The van der Waals surface area contributed by atoms with Crippen molar-refractivity contribution < 1.29 is 18.7 Å². The number of amides is 2. The molecule has 30 heavy (non-hydrogen) atoms. The topological polar surface area (TPSA) is 94.3 Å². The van der Waals surface area contributed by atoms with Gasteiger partial charge in [0, 0.05) is 33.0 Å². The SMILES string of the molecule is CN(C(=O)Oc1ncn(C)n1)C1CCc2c1cn(C)c2C(=O)Nc1cccc(F)c1. The molecule has 1 aliphatic rings. The van der Waals surface area contributed by atoms with Crippen molar-refractivity contribution in [2.45, 2.75) is 18.9 Å². The zero-order valence-electron chi connectivity index (χ0n) is 16.8. The molecule has 1 unspecified atom stereocenters. The number of carbonyl (C=O) groups excluding carboxylic acids is 2. The van der Waals surface area contributed by atoms with Crippen molar-refractivity contribution in [3.8, 4) is 6.01 Å². The molecule has 0 bridgehead atoms. The monoisotopic (exact) mass is 412 g/mol. The van der Waals surface area contributed by atoms with Crippen molar-refractivity contribution in [1.29, 1.82) is 0 Å². The molecule has 0 radical (unpaired) electrons. The minimum atomic E-state index is -0.575. The molecule has 2 aromatic heterocycles. The van der Waals surface area contributed by atoms with Crippen molar-refractivity contribution in [2.24, 2.45) is 14.1 Å². The van der Waals surface area contributed by atoms with Crippen molar-refractivity contribution in [2.75, 3.05) is 12.4 Å². The summed E-state index contributed by atoms with van der Waals surface area (Å²) in [7, 11) is 5.09. The predicted octanol–water partition coefficient (Wildman–Crippen LogP) is 2.66. The third-order valence-corrected chi connectivity index (χ3v) is 5.16. The van der Waals surface area contributed by atoms with Crippen LogP contribution < -0.4 is 10.1 Å². The lowest BCUT2D eigenvalue weighted by Gasteiger charge is -2.23. The zero-order valence-corrected chi connectivity index (χ0v) is 16.8. The fourth-order valence-corrected chi connectivity index (χ4v) is 3.79. The Morgan fingerprint density at radius 1 is 1.33 bits per heavy atom. The van der Waals surface area contributed by atoms with E-state index in [4.69, 9.17) is 4.74 Å². The van der Waals surface area contributed by atoms with E-state index in [1.807, 2.05) is 6.20 Å². The number of aryl methyl sites for hydroxylation is 2. The average molecular weight is 412 g/mol. The number of fused-ring (bicyclic) bond motifs is 1. The van der Waals surface area contributed by atoms with Crippen LogP contribution in [0.3, 0.4) is 0 Å². The Morgan fingerprint density at radius 3 is 2.83 bits per heavy atom. The van der Waals surface area contributed by atoms with Crippen LogP contribution in [-0.4, -0.2) is 43.3 Å². The second-order valence-corrected chi connectivity index (χ2v) is 7.22. The van der Waals surface area contributed by atoms with E-state index in [-0.39, 0.29) is 18.0 Å². The number of rotatable bonds is 4. The average Bonchev–Trinajstić information content (AvgIpc) is 3.35. The van der Waals surface area contributed by atoms with Gasteiger partial charge in [0.1, 0.15) is 17.8 Å². The molecule has 2 heterocycles. The number of halogens is 1. The molecule has 0 saturated heterocycles. The molecule has 0 aliphatic heterocycles. The number of benzene rings is 1. The van der Waals surface area contributed by atoms with Gasteiger partial charge < -0.3 is 19.5 Å². The van der Waals surface area contributed by atoms with Gasteiger partial charge in [0.25, 0.3) is 5.91 Å². The Morgan fingerprint density at radius 2 is 2.13 bits per heavy atom. The Bertz CT molecular complexity index is 1120. The largest absolute Gasteiger partial charge is 0.417 e. The molecule has 1 aliphatic carbocycles. The quantitative estimate of drug-likeness (QED) is 0.711. The van der Waals surface area contributed by atoms with Crippen LogP contribution in [0, 0.1) is 5.82 Å². The highest BCUT2D eigenvalue weighted by molar-refractivity contribution is 6.04. The van der Waals surface area contributed by atoms with Crippen molar-refractivity contribution in [1.82, 2.24) is 24.2 Å². The number of carbonyl (C=O) groups is 2. The van der Waals surface area contributed by atoms with Gasteiger partial charge >= 0.3 is 12.1 Å². The number of aromatic nitrogens is 4. The predicted molar refractivity (Wildman–Crippen MR) is 106 cm³/mol. The first-order valence-corrected chi connectivity index (χ1v) is 9.38. The van der Waals surface area contributed by atoms with E-state index in [1.165, 1.54) is 34.1 Å². The first kappa shape index (κ1) is 19.6. The molecule has 4 rings (SSSR count). The number of nitrogens with zero attached hydrogens (tertiary/aromatic N) is 5. The third-order valence-electron chi connectivity index (χ3n) is 5.16. The molecular formula is C20H21FN6O3. The van der Waals surface area contributed by atoms with Crippen LogP contribution >= 0.6 is 0 Å². The molecule has 0 spiro atoms. The summed E-state index contributed by atoms with van der Waals surface area (Å²) in [6.45, 7) is 0. The number of nitrogens with one attached hydrogen (secondary N) is 1. The van der Waals surface area contributed by atoms with Gasteiger partial charge in [-0.2, -0.15) is 4.98 Å². The standard InChI is InChI=1S/C20H21FN6O3/c1-25-10-15-14(17(25)18(28)23-13-6-4-5-12(21)9-13)7-8-16(15)27(3)20(29)30-19-22-11-26(2)24-19/h4-6,9-11,16H,7-8H2,1-3H3,(H,23,28). The molecule has 2 amide bonds. The summed E-state index contributed by atoms with van der Waals surface area (Å²) in [5.41, 5.74) is 2.63. The Balaban J connectivity index is 1.52. The third kappa shape index (κ3) is 3.63. The molecule has 9 nitrogen and oxygen atoms in total. The van der Waals surface area contributed by atoms with Crippen molar-refractivity contribution in [3.63, 3.8) is 0 Å². The molecule has 0 saturated carbocycles. The van der Waals surface area contributed by atoms with Crippen LogP contribution in [0.25, 0.3) is 0 Å². The fraction of sp³-hybridized carbons (Fsp3) is 0.300. The van der Waals surface area contributed by atoms with Gasteiger partial charge in [-0.3, -0.25) is 9.48 Å². The smallest absolute Gasteiger partial charge is 0.373 e. The van der Waals surface area contributed by atoms with E-state index >= 15 is 0 Å². The number of anilines is 1. The maximum absolute atomic E-state index is 13.4. The molecule has 156 valence electrons. The molecular weight excluding hydrogens is 391 g/mol. The van der Waals surface area contributed by atoms with Gasteiger partial charge in [0.2, 0.25) is 0 Å². The van der Waals surface area contributed by atoms with Gasteiger partial charge in [-0.15, -0.1) is 5.10 Å². The normalized spacial score (nSPS) is 15.0. The van der Waals surface area contributed by atoms with E-state index in [0.29, 0.717) is 24.2 Å². The highest BCUT2D eigenvalue weighted by Gasteiger charge is 2.35. The van der Waals surface area contributed by atoms with E-state index in [0.717, 1.165) is 11.1 Å². The molecule has 1 atom stereocenters. The fourth-order valence-electron chi connectivity index (χ4n) is 3.79. The highest BCUT2D eigenvalue weighted by atomic mass is 19.1. The van der Waals surface area contributed by atoms with E-state index in [2.05, 4.69) is 15.4 Å². The lowest BCUT2D eigenvalue weighted by Crippen LogP contribution is -2.32. The zero-order chi connectivity index (χ0) is 21.4. The summed E-state index contributed by atoms with van der Waals surface area (Å²) in [6, 6.07) is 5.49. The second-order valence-electron chi connectivity index (χ2n) is 7.22.